The standard InChI is InChI=1S/C24H26ClF3N4O2/c1-15(2)16(3)12-30-22(33)17-5-8-21(29-13-17)31-9-4-10-32(14-31)23(34)19-7-6-18(25)11-20(19)24(26,27)28/h4-9,11,13,15-16H,10,12,14H2,1-3H3,(H,30,33). The monoisotopic (exact) mass is 494 g/mol. The number of benzene rings is 1. The van der Waals surface area contributed by atoms with Gasteiger partial charge in [-0.15, -0.1) is 0 Å². The second-order valence-electron chi connectivity index (χ2n) is 8.55. The smallest absolute Gasteiger partial charge is 0.352 e. The summed E-state index contributed by atoms with van der Waals surface area (Å²) in [5.74, 6) is 0.218. The van der Waals surface area contributed by atoms with Crippen LogP contribution in [-0.4, -0.2) is 41.5 Å². The van der Waals surface area contributed by atoms with E-state index >= 15 is 0 Å². The number of halogens is 4. The predicted molar refractivity (Wildman–Crippen MR) is 125 cm³/mol. The highest BCUT2D eigenvalue weighted by molar-refractivity contribution is 6.30. The number of rotatable bonds is 6. The third-order valence-electron chi connectivity index (χ3n) is 5.77. The zero-order valence-corrected chi connectivity index (χ0v) is 19.8. The molecule has 0 saturated carbocycles. The van der Waals surface area contributed by atoms with Gasteiger partial charge in [0.05, 0.1) is 23.4 Å². The molecule has 2 amide bonds. The first-order chi connectivity index (χ1) is 16.0. The summed E-state index contributed by atoms with van der Waals surface area (Å²) in [6.07, 6.45) is 0.0648. The molecule has 1 aliphatic rings. The van der Waals surface area contributed by atoms with Crippen LogP contribution in [0.4, 0.5) is 19.0 Å². The third kappa shape index (κ3) is 6.08. The van der Waals surface area contributed by atoms with Crippen LogP contribution in [0.2, 0.25) is 5.02 Å². The van der Waals surface area contributed by atoms with Crippen LogP contribution in [0.25, 0.3) is 0 Å². The lowest BCUT2D eigenvalue weighted by atomic mass is 9.98. The van der Waals surface area contributed by atoms with Crippen LogP contribution in [0.1, 0.15) is 47.1 Å². The van der Waals surface area contributed by atoms with Gasteiger partial charge >= 0.3 is 6.18 Å². The number of hydrogen-bond donors (Lipinski definition) is 1. The van der Waals surface area contributed by atoms with Crippen molar-refractivity contribution in [1.82, 2.24) is 15.2 Å². The summed E-state index contributed by atoms with van der Waals surface area (Å²) >= 11 is 5.72. The molecular formula is C24H26ClF3N4O2. The van der Waals surface area contributed by atoms with Crippen LogP contribution in [0.5, 0.6) is 0 Å². The van der Waals surface area contributed by atoms with E-state index in [1.165, 1.54) is 17.2 Å². The quantitative estimate of drug-likeness (QED) is 0.598. The number of nitrogens with zero attached hydrogens (tertiary/aromatic N) is 3. The summed E-state index contributed by atoms with van der Waals surface area (Å²) in [5.41, 5.74) is -1.15. The first-order valence-electron chi connectivity index (χ1n) is 10.8. The van der Waals surface area contributed by atoms with Crippen molar-refractivity contribution in [2.24, 2.45) is 11.8 Å². The highest BCUT2D eigenvalue weighted by Crippen LogP contribution is 2.34. The lowest BCUT2D eigenvalue weighted by Gasteiger charge is -2.32. The molecule has 1 atom stereocenters. The van der Waals surface area contributed by atoms with Crippen molar-refractivity contribution in [2.45, 2.75) is 26.9 Å². The lowest BCUT2D eigenvalue weighted by molar-refractivity contribution is -0.138. The van der Waals surface area contributed by atoms with Gasteiger partial charge in [-0.2, -0.15) is 13.2 Å². The number of anilines is 1. The minimum absolute atomic E-state index is 0.000295. The number of carbonyl (C=O) groups is 2. The van der Waals surface area contributed by atoms with Crippen LogP contribution < -0.4 is 10.2 Å². The Bertz CT molecular complexity index is 1070. The molecule has 0 bridgehead atoms. The molecule has 1 aromatic carbocycles. The van der Waals surface area contributed by atoms with Crippen molar-refractivity contribution in [2.75, 3.05) is 24.7 Å². The highest BCUT2D eigenvalue weighted by Gasteiger charge is 2.37. The molecule has 1 aliphatic heterocycles. The van der Waals surface area contributed by atoms with E-state index in [-0.39, 0.29) is 24.1 Å². The maximum atomic E-state index is 13.4. The number of hydrogen-bond acceptors (Lipinski definition) is 4. The minimum atomic E-state index is -4.72. The largest absolute Gasteiger partial charge is 0.417 e. The van der Waals surface area contributed by atoms with Gasteiger partial charge in [0.25, 0.3) is 11.8 Å². The molecule has 2 aromatic rings. The Morgan fingerprint density at radius 2 is 1.91 bits per heavy atom. The fourth-order valence-corrected chi connectivity index (χ4v) is 3.45. The van der Waals surface area contributed by atoms with Crippen molar-refractivity contribution in [3.8, 4) is 0 Å². The zero-order chi connectivity index (χ0) is 25.0. The Morgan fingerprint density at radius 1 is 1.18 bits per heavy atom. The van der Waals surface area contributed by atoms with Crippen molar-refractivity contribution in [1.29, 1.82) is 0 Å². The van der Waals surface area contributed by atoms with Crippen LogP contribution in [0.3, 0.4) is 0 Å². The normalized spacial score (nSPS) is 14.9. The van der Waals surface area contributed by atoms with Crippen LogP contribution >= 0.6 is 11.6 Å². The van der Waals surface area contributed by atoms with Gasteiger partial charge in [-0.3, -0.25) is 9.59 Å². The molecule has 3 rings (SSSR count). The van der Waals surface area contributed by atoms with E-state index in [2.05, 4.69) is 31.1 Å². The van der Waals surface area contributed by atoms with E-state index in [1.54, 1.807) is 29.3 Å². The van der Waals surface area contributed by atoms with Crippen molar-refractivity contribution >= 4 is 29.2 Å². The molecule has 0 fully saturated rings. The number of amides is 2. The molecule has 182 valence electrons. The minimum Gasteiger partial charge on any atom is -0.352 e. The highest BCUT2D eigenvalue weighted by atomic mass is 35.5. The molecule has 1 unspecified atom stereocenters. The van der Waals surface area contributed by atoms with Gasteiger partial charge in [0.1, 0.15) is 5.82 Å². The molecule has 0 spiro atoms. The maximum Gasteiger partial charge on any atom is 0.417 e. The van der Waals surface area contributed by atoms with Crippen LogP contribution in [0.15, 0.2) is 48.8 Å². The number of nitrogens with one attached hydrogen (secondary N) is 1. The van der Waals surface area contributed by atoms with E-state index < -0.39 is 23.2 Å². The molecular weight excluding hydrogens is 469 g/mol. The fourth-order valence-electron chi connectivity index (χ4n) is 3.28. The second-order valence-corrected chi connectivity index (χ2v) is 8.98. The average Bonchev–Trinajstić information content (AvgIpc) is 2.81. The van der Waals surface area contributed by atoms with Gasteiger partial charge < -0.3 is 15.1 Å². The summed E-state index contributed by atoms with van der Waals surface area (Å²) in [5, 5.41) is 2.78. The maximum absolute atomic E-state index is 13.4. The second kappa shape index (κ2) is 10.5. The molecule has 0 saturated heterocycles. The van der Waals surface area contributed by atoms with Crippen LogP contribution in [-0.2, 0) is 6.18 Å². The Hall–Kier alpha value is -3.07. The number of carbonyl (C=O) groups excluding carboxylic acids is 2. The third-order valence-corrected chi connectivity index (χ3v) is 6.00. The molecule has 0 aliphatic carbocycles. The molecule has 1 aromatic heterocycles. The Kier molecular flexibility index (Phi) is 7.86. The molecule has 1 N–H and O–H groups in total. The first-order valence-corrected chi connectivity index (χ1v) is 11.2. The summed E-state index contributed by atoms with van der Waals surface area (Å²) < 4.78 is 40.3. The van der Waals surface area contributed by atoms with Gasteiger partial charge in [0.2, 0.25) is 0 Å². The Labute approximate surface area is 201 Å². The molecule has 34 heavy (non-hydrogen) atoms. The van der Waals surface area contributed by atoms with E-state index in [4.69, 9.17) is 11.6 Å². The van der Waals surface area contributed by atoms with Gasteiger partial charge in [-0.1, -0.05) is 32.4 Å². The van der Waals surface area contributed by atoms with Crippen molar-refractivity contribution in [3.63, 3.8) is 0 Å². The summed E-state index contributed by atoms with van der Waals surface area (Å²) in [7, 11) is 0. The number of pyridine rings is 1. The topological polar surface area (TPSA) is 65.5 Å². The van der Waals surface area contributed by atoms with E-state index in [1.807, 2.05) is 0 Å². The van der Waals surface area contributed by atoms with Gasteiger partial charge in [-0.25, -0.2) is 4.98 Å². The molecule has 10 heteroatoms. The van der Waals surface area contributed by atoms with Gasteiger partial charge in [0, 0.05) is 30.5 Å². The Morgan fingerprint density at radius 3 is 2.53 bits per heavy atom. The van der Waals surface area contributed by atoms with Gasteiger partial charge in [-0.05, 0) is 48.2 Å². The van der Waals surface area contributed by atoms with Crippen molar-refractivity contribution < 1.29 is 22.8 Å². The van der Waals surface area contributed by atoms with Gasteiger partial charge in [0.15, 0.2) is 0 Å². The summed E-state index contributed by atoms with van der Waals surface area (Å²) in [6.45, 7) is 6.93. The van der Waals surface area contributed by atoms with E-state index in [0.717, 1.165) is 12.1 Å². The zero-order valence-electron chi connectivity index (χ0n) is 19.1. The SMILES string of the molecule is CC(C)C(C)CNC(=O)c1ccc(N2C=CCN(C(=O)c3ccc(Cl)cc3C(F)(F)F)C2)nc1. The number of alkyl halides is 3. The molecule has 6 nitrogen and oxygen atoms in total. The summed E-state index contributed by atoms with van der Waals surface area (Å²) in [4.78, 5) is 32.5. The fraction of sp³-hybridized carbons (Fsp3) is 0.375. The average molecular weight is 495 g/mol. The Balaban J connectivity index is 1.71. The van der Waals surface area contributed by atoms with Crippen molar-refractivity contribution in [3.05, 3.63) is 70.5 Å². The lowest BCUT2D eigenvalue weighted by Crippen LogP contribution is -2.43. The molecule has 2 heterocycles. The summed E-state index contributed by atoms with van der Waals surface area (Å²) in [6, 6.07) is 6.34. The van der Waals surface area contributed by atoms with E-state index in [0.29, 0.717) is 29.8 Å². The van der Waals surface area contributed by atoms with E-state index in [9.17, 15) is 22.8 Å². The van der Waals surface area contributed by atoms with Crippen LogP contribution in [0, 0.1) is 11.8 Å². The number of aromatic nitrogens is 1. The first kappa shape index (κ1) is 25.6. The predicted octanol–water partition coefficient (Wildman–Crippen LogP) is 5.21. The molecule has 0 radical (unpaired) electrons.